The van der Waals surface area contributed by atoms with E-state index >= 15 is 0 Å². The van der Waals surface area contributed by atoms with Gasteiger partial charge < -0.3 is 10.2 Å². The van der Waals surface area contributed by atoms with Crippen LogP contribution < -0.4 is 5.73 Å². The lowest BCUT2D eigenvalue weighted by Crippen LogP contribution is -2.04. The summed E-state index contributed by atoms with van der Waals surface area (Å²) < 4.78 is 5.70. The minimum Gasteiger partial charge on any atom is -0.460 e. The molecule has 1 rings (SSSR count). The van der Waals surface area contributed by atoms with Gasteiger partial charge in [-0.25, -0.2) is 0 Å². The number of furan rings is 1. The maximum Gasteiger partial charge on any atom is 0.199 e. The summed E-state index contributed by atoms with van der Waals surface area (Å²) in [7, 11) is 0. The van der Waals surface area contributed by atoms with Crippen molar-refractivity contribution < 1.29 is 9.21 Å². The molecule has 0 aliphatic carbocycles. The third kappa shape index (κ3) is 2.19. The summed E-state index contributed by atoms with van der Waals surface area (Å²) in [5, 5.41) is 0. The smallest absolute Gasteiger partial charge is 0.199 e. The zero-order valence-corrected chi connectivity index (χ0v) is 8.13. The fourth-order valence-electron chi connectivity index (χ4n) is 0.869. The van der Waals surface area contributed by atoms with Gasteiger partial charge in [-0.3, -0.25) is 4.79 Å². The number of Topliss-reactive ketones (excluding diaryl/α,β-unsaturated/α-hetero) is 1. The Labute approximate surface area is 79.1 Å². The molecule has 1 aromatic heterocycles. The molecule has 0 aromatic carbocycles. The highest BCUT2D eigenvalue weighted by atomic mass is 79.9. The highest BCUT2D eigenvalue weighted by Crippen LogP contribution is 2.19. The van der Waals surface area contributed by atoms with Crippen LogP contribution in [0.1, 0.15) is 23.4 Å². The van der Waals surface area contributed by atoms with Crippen LogP contribution in [0.3, 0.4) is 0 Å². The van der Waals surface area contributed by atoms with Crippen molar-refractivity contribution in [2.75, 3.05) is 6.54 Å². The van der Waals surface area contributed by atoms with Crippen molar-refractivity contribution in [1.82, 2.24) is 0 Å². The molecule has 0 unspecified atom stereocenters. The van der Waals surface area contributed by atoms with Crippen molar-refractivity contribution in [1.29, 1.82) is 0 Å². The van der Waals surface area contributed by atoms with Crippen molar-refractivity contribution in [3.8, 4) is 0 Å². The van der Waals surface area contributed by atoms with Gasteiger partial charge in [0.15, 0.2) is 11.5 Å². The maximum atomic E-state index is 11.3. The van der Waals surface area contributed by atoms with Gasteiger partial charge in [-0.1, -0.05) is 0 Å². The number of carbonyl (C=O) groups is 1. The highest BCUT2D eigenvalue weighted by molar-refractivity contribution is 9.10. The summed E-state index contributed by atoms with van der Waals surface area (Å²) in [6.45, 7) is 0.532. The summed E-state index contributed by atoms with van der Waals surface area (Å²) in [4.78, 5) is 11.3. The molecule has 1 heterocycles. The lowest BCUT2D eigenvalue weighted by Gasteiger charge is -1.95. The molecule has 0 radical (unpaired) electrons. The first-order chi connectivity index (χ1) is 5.75. The van der Waals surface area contributed by atoms with Crippen LogP contribution >= 0.6 is 15.9 Å². The van der Waals surface area contributed by atoms with Crippen LogP contribution in [-0.2, 0) is 0 Å². The summed E-state index contributed by atoms with van der Waals surface area (Å²) >= 11 is 3.21. The normalized spacial score (nSPS) is 10.2. The molecule has 0 fully saturated rings. The van der Waals surface area contributed by atoms with E-state index in [0.717, 1.165) is 0 Å². The van der Waals surface area contributed by atoms with Gasteiger partial charge in [0.05, 0.1) is 10.7 Å². The van der Waals surface area contributed by atoms with E-state index < -0.39 is 0 Å². The Balaban J connectivity index is 2.59. The molecule has 0 bridgehead atoms. The zero-order chi connectivity index (χ0) is 8.97. The minimum atomic E-state index is -0.00248. The van der Waals surface area contributed by atoms with E-state index in [1.807, 2.05) is 0 Å². The van der Waals surface area contributed by atoms with Crippen molar-refractivity contribution in [3.05, 3.63) is 22.6 Å². The van der Waals surface area contributed by atoms with Crippen LogP contribution in [0.4, 0.5) is 0 Å². The molecular weight excluding hydrogens is 222 g/mol. The third-order valence-corrected chi connectivity index (χ3v) is 2.10. The average molecular weight is 232 g/mol. The predicted molar refractivity (Wildman–Crippen MR) is 49.0 cm³/mol. The molecule has 0 amide bonds. The van der Waals surface area contributed by atoms with Crippen molar-refractivity contribution in [2.24, 2.45) is 5.73 Å². The van der Waals surface area contributed by atoms with Gasteiger partial charge in [0, 0.05) is 6.42 Å². The largest absolute Gasteiger partial charge is 0.460 e. The molecule has 2 N–H and O–H groups in total. The number of halogens is 1. The van der Waals surface area contributed by atoms with Crippen LogP contribution in [0.25, 0.3) is 0 Å². The Morgan fingerprint density at radius 3 is 2.92 bits per heavy atom. The summed E-state index contributed by atoms with van der Waals surface area (Å²) in [5.74, 6) is 0.390. The van der Waals surface area contributed by atoms with E-state index in [-0.39, 0.29) is 5.78 Å². The molecule has 0 saturated heterocycles. The molecule has 0 aliphatic rings. The lowest BCUT2D eigenvalue weighted by molar-refractivity contribution is 0.0953. The Morgan fingerprint density at radius 1 is 1.67 bits per heavy atom. The van der Waals surface area contributed by atoms with Crippen molar-refractivity contribution >= 4 is 21.7 Å². The van der Waals surface area contributed by atoms with E-state index in [2.05, 4.69) is 15.9 Å². The van der Waals surface area contributed by atoms with Crippen LogP contribution in [0.2, 0.25) is 0 Å². The van der Waals surface area contributed by atoms with Gasteiger partial charge in [0.1, 0.15) is 0 Å². The van der Waals surface area contributed by atoms with E-state index in [1.54, 1.807) is 6.07 Å². The second-order valence-electron chi connectivity index (χ2n) is 2.41. The summed E-state index contributed by atoms with van der Waals surface area (Å²) in [6.07, 6.45) is 2.63. The van der Waals surface area contributed by atoms with Crippen molar-refractivity contribution in [3.63, 3.8) is 0 Å². The topological polar surface area (TPSA) is 56.2 Å². The van der Waals surface area contributed by atoms with Gasteiger partial charge in [-0.2, -0.15) is 0 Å². The molecular formula is C8H10BrNO2. The fourth-order valence-corrected chi connectivity index (χ4v) is 1.29. The predicted octanol–water partition coefficient (Wildman–Crippen LogP) is 1.96. The average Bonchev–Trinajstić information content (AvgIpc) is 2.47. The van der Waals surface area contributed by atoms with Gasteiger partial charge in [-0.15, -0.1) is 0 Å². The molecule has 3 nitrogen and oxygen atoms in total. The van der Waals surface area contributed by atoms with Gasteiger partial charge in [0.25, 0.3) is 0 Å². The molecule has 0 atom stereocenters. The van der Waals surface area contributed by atoms with Crippen LogP contribution in [0.5, 0.6) is 0 Å². The molecule has 0 saturated carbocycles. The molecule has 66 valence electrons. The Kier molecular flexibility index (Phi) is 3.49. The Bertz CT molecular complexity index is 270. The van der Waals surface area contributed by atoms with E-state index in [9.17, 15) is 4.79 Å². The molecule has 0 spiro atoms. The number of rotatable bonds is 4. The first-order valence-electron chi connectivity index (χ1n) is 3.72. The fraction of sp³-hybridized carbons (Fsp3) is 0.375. The van der Waals surface area contributed by atoms with E-state index in [1.165, 1.54) is 6.26 Å². The molecule has 1 aromatic rings. The number of ketones is 1. The van der Waals surface area contributed by atoms with Gasteiger partial charge >= 0.3 is 0 Å². The SMILES string of the molecule is NCCCC(=O)c1occc1Br. The Morgan fingerprint density at radius 2 is 2.42 bits per heavy atom. The van der Waals surface area contributed by atoms with Gasteiger partial charge in [-0.05, 0) is 35.0 Å². The first kappa shape index (κ1) is 9.48. The standard InChI is InChI=1S/C8H10BrNO2/c9-6-3-5-12-8(6)7(11)2-1-4-10/h3,5H,1-2,4,10H2. The maximum absolute atomic E-state index is 11.3. The molecule has 0 aliphatic heterocycles. The Hall–Kier alpha value is -0.610. The van der Waals surface area contributed by atoms with Crippen molar-refractivity contribution in [2.45, 2.75) is 12.8 Å². The lowest BCUT2D eigenvalue weighted by atomic mass is 10.2. The van der Waals surface area contributed by atoms with Crippen LogP contribution in [-0.4, -0.2) is 12.3 Å². The molecule has 12 heavy (non-hydrogen) atoms. The minimum absolute atomic E-state index is 0.00248. The second kappa shape index (κ2) is 4.42. The summed E-state index contributed by atoms with van der Waals surface area (Å²) in [6, 6.07) is 1.70. The number of carbonyl (C=O) groups excluding carboxylic acids is 1. The number of nitrogens with two attached hydrogens (primary N) is 1. The number of hydrogen-bond donors (Lipinski definition) is 1. The molecule has 4 heteroatoms. The quantitative estimate of drug-likeness (QED) is 0.807. The third-order valence-electron chi connectivity index (χ3n) is 1.48. The first-order valence-corrected chi connectivity index (χ1v) is 4.51. The second-order valence-corrected chi connectivity index (χ2v) is 3.27. The van der Waals surface area contributed by atoms with Crippen LogP contribution in [0.15, 0.2) is 21.2 Å². The summed E-state index contributed by atoms with van der Waals surface area (Å²) in [5.41, 5.74) is 5.27. The zero-order valence-electron chi connectivity index (χ0n) is 6.55. The van der Waals surface area contributed by atoms with Crippen LogP contribution in [0, 0.1) is 0 Å². The number of hydrogen-bond acceptors (Lipinski definition) is 3. The van der Waals surface area contributed by atoms with Gasteiger partial charge in [0.2, 0.25) is 0 Å². The monoisotopic (exact) mass is 231 g/mol. The van der Waals surface area contributed by atoms with E-state index in [0.29, 0.717) is 29.6 Å². The van der Waals surface area contributed by atoms with E-state index in [4.69, 9.17) is 10.2 Å². The highest BCUT2D eigenvalue weighted by Gasteiger charge is 2.12.